The fourth-order valence-electron chi connectivity index (χ4n) is 2.55. The van der Waals surface area contributed by atoms with Crippen molar-refractivity contribution in [1.82, 2.24) is 9.97 Å². The molecule has 0 aliphatic heterocycles. The van der Waals surface area contributed by atoms with Gasteiger partial charge >= 0.3 is 0 Å². The Hall–Kier alpha value is -2.63. The van der Waals surface area contributed by atoms with Gasteiger partial charge in [0.05, 0.1) is 4.91 Å². The third-order valence-electron chi connectivity index (χ3n) is 3.76. The number of Topliss-reactive ketones (excluding diaryl/α,β-unsaturated/α-hetero) is 2. The molecular weight excluding hydrogens is 356 g/mol. The summed E-state index contributed by atoms with van der Waals surface area (Å²) in [5.41, 5.74) is 1.06. The fourth-order valence-corrected chi connectivity index (χ4v) is 3.75. The molecule has 4 nitrogen and oxygen atoms in total. The highest BCUT2D eigenvalue weighted by Crippen LogP contribution is 2.38. The van der Waals surface area contributed by atoms with Crippen LogP contribution in [0.25, 0.3) is 11.4 Å². The minimum atomic E-state index is -0.413. The Balaban J connectivity index is 1.75. The number of allylic oxidation sites excluding steroid dienone is 2. The molecule has 4 rings (SSSR count). The van der Waals surface area contributed by atoms with Gasteiger partial charge in [-0.2, -0.15) is 0 Å². The van der Waals surface area contributed by atoms with Gasteiger partial charge in [0.25, 0.3) is 0 Å². The number of fused-ring (bicyclic) bond motifs is 1. The lowest BCUT2D eigenvalue weighted by molar-refractivity contribution is 0.0982. The van der Waals surface area contributed by atoms with Gasteiger partial charge in [-0.25, -0.2) is 4.98 Å². The Morgan fingerprint density at radius 2 is 1.52 bits per heavy atom. The Morgan fingerprint density at radius 3 is 2.20 bits per heavy atom. The van der Waals surface area contributed by atoms with E-state index in [0.29, 0.717) is 5.82 Å². The maximum Gasteiger partial charge on any atom is 0.224 e. The van der Waals surface area contributed by atoms with Gasteiger partial charge in [-0.05, 0) is 12.1 Å². The van der Waals surface area contributed by atoms with Crippen LogP contribution >= 0.6 is 23.4 Å². The summed E-state index contributed by atoms with van der Waals surface area (Å²) in [5, 5.41) is -0.0744. The van der Waals surface area contributed by atoms with Crippen LogP contribution in [0.1, 0.15) is 21.0 Å². The van der Waals surface area contributed by atoms with E-state index >= 15 is 0 Å². The molecule has 0 saturated heterocycles. The van der Waals surface area contributed by atoms with E-state index < -0.39 is 5.78 Å². The molecule has 1 aliphatic rings. The normalized spacial score (nSPS) is 14.0. The number of nitrogens with zero attached hydrogens (tertiary/aromatic N) is 1. The molecule has 2 aromatic carbocycles. The zero-order valence-corrected chi connectivity index (χ0v) is 14.4. The largest absolute Gasteiger partial charge is 0.335 e. The van der Waals surface area contributed by atoms with E-state index in [9.17, 15) is 9.59 Å². The number of hydrogen-bond donors (Lipinski definition) is 1. The summed E-state index contributed by atoms with van der Waals surface area (Å²) in [6.45, 7) is 0. The first-order valence-corrected chi connectivity index (χ1v) is 8.72. The van der Waals surface area contributed by atoms with Crippen LogP contribution in [0.4, 0.5) is 0 Å². The van der Waals surface area contributed by atoms with Crippen LogP contribution in [-0.4, -0.2) is 21.5 Å². The van der Waals surface area contributed by atoms with E-state index in [0.717, 1.165) is 10.5 Å². The zero-order valence-electron chi connectivity index (χ0n) is 12.8. The molecule has 6 heteroatoms. The van der Waals surface area contributed by atoms with Gasteiger partial charge in [-0.1, -0.05) is 71.9 Å². The van der Waals surface area contributed by atoms with Gasteiger partial charge in [0, 0.05) is 10.5 Å². The van der Waals surface area contributed by atoms with Crippen LogP contribution in [0.5, 0.6) is 0 Å². The number of aromatic nitrogens is 2. The molecule has 0 spiro atoms. The summed E-state index contributed by atoms with van der Waals surface area (Å²) < 4.78 is 0. The van der Waals surface area contributed by atoms with E-state index in [2.05, 4.69) is 9.97 Å². The second-order valence-corrected chi connectivity index (χ2v) is 6.85. The molecule has 25 heavy (non-hydrogen) atoms. The average Bonchev–Trinajstić information content (AvgIpc) is 3.11. The molecule has 1 N–H and O–H groups in total. The Kier molecular flexibility index (Phi) is 4.03. The molecule has 0 fully saturated rings. The summed E-state index contributed by atoms with van der Waals surface area (Å²) >= 11 is 7.38. The van der Waals surface area contributed by atoms with Gasteiger partial charge in [0.2, 0.25) is 11.6 Å². The molecule has 3 aromatic rings. The molecule has 0 atom stereocenters. The number of benzene rings is 2. The minimum Gasteiger partial charge on any atom is -0.335 e. The van der Waals surface area contributed by atoms with Crippen LogP contribution in [0.2, 0.25) is 0 Å². The number of nitrogens with one attached hydrogen (secondary N) is 1. The predicted octanol–water partition coefficient (Wildman–Crippen LogP) is 4.70. The van der Waals surface area contributed by atoms with Crippen LogP contribution in [0.3, 0.4) is 0 Å². The molecule has 1 aromatic heterocycles. The Morgan fingerprint density at radius 1 is 0.880 bits per heavy atom. The molecule has 0 saturated carbocycles. The van der Waals surface area contributed by atoms with E-state index in [1.165, 1.54) is 11.8 Å². The van der Waals surface area contributed by atoms with Gasteiger partial charge < -0.3 is 4.98 Å². The highest BCUT2D eigenvalue weighted by atomic mass is 35.5. The van der Waals surface area contributed by atoms with Crippen molar-refractivity contribution >= 4 is 34.9 Å². The van der Waals surface area contributed by atoms with E-state index in [1.54, 1.807) is 0 Å². The molecule has 0 bridgehead atoms. The standard InChI is InChI=1S/C19H11ClN2O2S/c20-13-16(23)14-15(22-19(21-14)11-7-3-1-4-8-11)17(24)18(13)25-12-9-5-2-6-10-12/h1-10H,(H,21,22). The average molecular weight is 367 g/mol. The molecule has 0 unspecified atom stereocenters. The maximum absolute atomic E-state index is 12.8. The van der Waals surface area contributed by atoms with E-state index in [-0.39, 0.29) is 27.1 Å². The number of hydrogen-bond acceptors (Lipinski definition) is 4. The first-order valence-electron chi connectivity index (χ1n) is 7.52. The number of carbonyl (C=O) groups excluding carboxylic acids is 2. The SMILES string of the molecule is O=C1C(Sc2ccccc2)=C(Cl)C(=O)c2[nH]c(-c3ccccc3)nc21. The van der Waals surface area contributed by atoms with Crippen LogP contribution in [0, 0.1) is 0 Å². The second-order valence-electron chi connectivity index (χ2n) is 5.39. The number of aromatic amines is 1. The lowest BCUT2D eigenvalue weighted by Gasteiger charge is -2.13. The van der Waals surface area contributed by atoms with Crippen LogP contribution < -0.4 is 0 Å². The molecule has 1 aliphatic carbocycles. The van der Waals surface area contributed by atoms with Gasteiger partial charge in [-0.3, -0.25) is 9.59 Å². The lowest BCUT2D eigenvalue weighted by atomic mass is 10.1. The highest BCUT2D eigenvalue weighted by Gasteiger charge is 2.35. The highest BCUT2D eigenvalue weighted by molar-refractivity contribution is 8.04. The van der Waals surface area contributed by atoms with Crippen molar-refractivity contribution in [2.24, 2.45) is 0 Å². The molecule has 0 radical (unpaired) electrons. The first kappa shape index (κ1) is 15.9. The van der Waals surface area contributed by atoms with Crippen molar-refractivity contribution in [2.75, 3.05) is 0 Å². The Labute approximate surface area is 152 Å². The topological polar surface area (TPSA) is 62.8 Å². The lowest BCUT2D eigenvalue weighted by Crippen LogP contribution is -2.18. The van der Waals surface area contributed by atoms with Crippen molar-refractivity contribution in [1.29, 1.82) is 0 Å². The van der Waals surface area contributed by atoms with Crippen molar-refractivity contribution in [3.05, 3.63) is 82.0 Å². The quantitative estimate of drug-likeness (QED) is 0.729. The summed E-state index contributed by atoms with van der Waals surface area (Å²) in [7, 11) is 0. The number of thioether (sulfide) groups is 1. The third kappa shape index (κ3) is 2.81. The van der Waals surface area contributed by atoms with Gasteiger partial charge in [-0.15, -0.1) is 0 Å². The summed E-state index contributed by atoms with van der Waals surface area (Å²) in [6.07, 6.45) is 0. The summed E-state index contributed by atoms with van der Waals surface area (Å²) in [6, 6.07) is 18.6. The smallest absolute Gasteiger partial charge is 0.224 e. The number of H-pyrrole nitrogens is 1. The first-order chi connectivity index (χ1) is 12.1. The maximum atomic E-state index is 12.8. The third-order valence-corrected chi connectivity index (χ3v) is 5.34. The van der Waals surface area contributed by atoms with Crippen LogP contribution in [0.15, 0.2) is 75.5 Å². The Bertz CT molecular complexity index is 1010. The van der Waals surface area contributed by atoms with E-state index in [4.69, 9.17) is 11.6 Å². The second kappa shape index (κ2) is 6.35. The fraction of sp³-hybridized carbons (Fsp3) is 0. The van der Waals surface area contributed by atoms with Crippen molar-refractivity contribution in [3.63, 3.8) is 0 Å². The molecule has 1 heterocycles. The number of rotatable bonds is 3. The van der Waals surface area contributed by atoms with Gasteiger partial charge in [0.1, 0.15) is 22.2 Å². The zero-order chi connectivity index (χ0) is 17.4. The summed E-state index contributed by atoms with van der Waals surface area (Å²) in [5.74, 6) is -0.279. The van der Waals surface area contributed by atoms with E-state index in [1.807, 2.05) is 60.7 Å². The summed E-state index contributed by atoms with van der Waals surface area (Å²) in [4.78, 5) is 33.7. The number of halogens is 1. The number of imidazole rings is 1. The molecule has 122 valence electrons. The van der Waals surface area contributed by atoms with Crippen molar-refractivity contribution in [2.45, 2.75) is 4.90 Å². The number of carbonyl (C=O) groups is 2. The minimum absolute atomic E-state index is 0.0744. The van der Waals surface area contributed by atoms with Crippen LogP contribution in [-0.2, 0) is 0 Å². The monoisotopic (exact) mass is 366 g/mol. The predicted molar refractivity (Wildman–Crippen MR) is 97.9 cm³/mol. The van der Waals surface area contributed by atoms with Gasteiger partial charge in [0.15, 0.2) is 0 Å². The van der Waals surface area contributed by atoms with Crippen molar-refractivity contribution in [3.8, 4) is 11.4 Å². The molecular formula is C19H11ClN2O2S. The molecule has 0 amide bonds. The number of ketones is 2. The van der Waals surface area contributed by atoms with Crippen molar-refractivity contribution < 1.29 is 9.59 Å².